The van der Waals surface area contributed by atoms with Crippen molar-refractivity contribution in [2.24, 2.45) is 0 Å². The van der Waals surface area contributed by atoms with Crippen LogP contribution < -0.4 is 5.32 Å². The van der Waals surface area contributed by atoms with Crippen LogP contribution in [0.25, 0.3) is 11.1 Å². The van der Waals surface area contributed by atoms with Crippen molar-refractivity contribution < 1.29 is 19.4 Å². The van der Waals surface area contributed by atoms with Crippen LogP contribution in [0.3, 0.4) is 0 Å². The van der Waals surface area contributed by atoms with E-state index in [1.54, 1.807) is 17.3 Å². The number of aromatic nitrogens is 4. The molecule has 0 saturated carbocycles. The van der Waals surface area contributed by atoms with Crippen LogP contribution in [0.15, 0.2) is 67.3 Å². The molecule has 1 atom stereocenters. The van der Waals surface area contributed by atoms with Gasteiger partial charge in [-0.25, -0.2) is 14.3 Å². The Morgan fingerprint density at radius 2 is 1.63 bits per heavy atom. The number of hydrogen-bond acceptors (Lipinski definition) is 5. The normalized spacial score (nSPS) is 13.2. The van der Waals surface area contributed by atoms with Crippen molar-refractivity contribution in [1.82, 2.24) is 24.9 Å². The summed E-state index contributed by atoms with van der Waals surface area (Å²) in [5, 5.41) is 19.9. The predicted molar refractivity (Wildman–Crippen MR) is 128 cm³/mol. The molecule has 1 aliphatic carbocycles. The molecule has 5 rings (SSSR count). The Labute approximate surface area is 202 Å². The lowest BCUT2D eigenvalue weighted by Gasteiger charge is -2.17. The Morgan fingerprint density at radius 3 is 2.23 bits per heavy atom. The molecule has 0 aliphatic heterocycles. The topological polar surface area (TPSA) is 111 Å². The maximum absolute atomic E-state index is 12.7. The van der Waals surface area contributed by atoms with Gasteiger partial charge in [0.2, 0.25) is 0 Å². The highest BCUT2D eigenvalue weighted by molar-refractivity contribution is 5.81. The zero-order chi connectivity index (χ0) is 24.5. The Balaban J connectivity index is 1.28. The minimum Gasteiger partial charge on any atom is -0.480 e. The molecule has 2 heterocycles. The fourth-order valence-corrected chi connectivity index (χ4v) is 4.88. The summed E-state index contributed by atoms with van der Waals surface area (Å²) in [4.78, 5) is 24.6. The molecule has 0 fully saturated rings. The molecule has 2 aromatic heterocycles. The van der Waals surface area contributed by atoms with Crippen LogP contribution in [-0.4, -0.2) is 49.4 Å². The van der Waals surface area contributed by atoms with Gasteiger partial charge in [0.05, 0.1) is 0 Å². The summed E-state index contributed by atoms with van der Waals surface area (Å²) in [5.41, 5.74) is 6.97. The number of amides is 1. The lowest BCUT2D eigenvalue weighted by atomic mass is 9.98. The van der Waals surface area contributed by atoms with Gasteiger partial charge in [-0.15, -0.1) is 10.2 Å². The lowest BCUT2D eigenvalue weighted by molar-refractivity contribution is -0.139. The number of rotatable bonds is 7. The number of carbonyl (C=O) groups excluding carboxylic acids is 1. The largest absolute Gasteiger partial charge is 0.480 e. The number of carboxylic acid groups (broad SMARTS) is 1. The Bertz CT molecular complexity index is 1350. The van der Waals surface area contributed by atoms with Crippen molar-refractivity contribution >= 4 is 12.1 Å². The van der Waals surface area contributed by atoms with Gasteiger partial charge in [0.1, 0.15) is 25.3 Å². The summed E-state index contributed by atoms with van der Waals surface area (Å²) in [5.74, 6) is -1.23. The van der Waals surface area contributed by atoms with Crippen molar-refractivity contribution in [1.29, 1.82) is 0 Å². The third-order valence-corrected chi connectivity index (χ3v) is 6.50. The number of ether oxygens (including phenoxy) is 1. The average molecular weight is 472 g/mol. The van der Waals surface area contributed by atoms with Crippen molar-refractivity contribution in [3.05, 3.63) is 95.3 Å². The van der Waals surface area contributed by atoms with Crippen LogP contribution in [0.4, 0.5) is 4.79 Å². The number of benzene rings is 2. The average Bonchev–Trinajstić information content (AvgIpc) is 3.54. The summed E-state index contributed by atoms with van der Waals surface area (Å²) >= 11 is 0. The number of alkyl carbamates (subject to hydrolysis) is 1. The molecular formula is C26H25N5O4. The maximum Gasteiger partial charge on any atom is 0.407 e. The number of carbonyl (C=O) groups is 2. The summed E-state index contributed by atoms with van der Waals surface area (Å²) < 4.78 is 9.12. The smallest absolute Gasteiger partial charge is 0.407 e. The summed E-state index contributed by atoms with van der Waals surface area (Å²) in [6.07, 6.45) is 2.48. The first-order valence-corrected chi connectivity index (χ1v) is 11.3. The van der Waals surface area contributed by atoms with Crippen LogP contribution >= 0.6 is 0 Å². The Kier molecular flexibility index (Phi) is 5.82. The summed E-state index contributed by atoms with van der Waals surface area (Å²) in [6.45, 7) is 3.91. The van der Waals surface area contributed by atoms with E-state index in [2.05, 4.69) is 27.6 Å². The second-order valence-corrected chi connectivity index (χ2v) is 8.61. The van der Waals surface area contributed by atoms with Gasteiger partial charge in [0, 0.05) is 23.7 Å². The number of aryl methyl sites for hydroxylation is 1. The molecule has 178 valence electrons. The molecule has 0 bridgehead atoms. The van der Waals surface area contributed by atoms with Gasteiger partial charge in [0.25, 0.3) is 0 Å². The highest BCUT2D eigenvalue weighted by Crippen LogP contribution is 2.44. The third kappa shape index (κ3) is 4.16. The van der Waals surface area contributed by atoms with Gasteiger partial charge in [-0.05, 0) is 47.7 Å². The zero-order valence-electron chi connectivity index (χ0n) is 19.4. The van der Waals surface area contributed by atoms with E-state index in [1.807, 2.05) is 61.0 Å². The number of carboxylic acids is 1. The van der Waals surface area contributed by atoms with Crippen LogP contribution in [-0.2, 0) is 16.0 Å². The molecule has 2 aromatic carbocycles. The minimum atomic E-state index is -1.14. The van der Waals surface area contributed by atoms with Crippen molar-refractivity contribution in [2.45, 2.75) is 32.2 Å². The monoisotopic (exact) mass is 471 g/mol. The molecule has 9 nitrogen and oxygen atoms in total. The van der Waals surface area contributed by atoms with E-state index in [-0.39, 0.29) is 18.9 Å². The molecule has 1 amide bonds. The van der Waals surface area contributed by atoms with Crippen LogP contribution in [0.2, 0.25) is 0 Å². The maximum atomic E-state index is 12.7. The second kappa shape index (κ2) is 9.09. The molecule has 0 saturated heterocycles. The summed E-state index contributed by atoms with van der Waals surface area (Å²) in [6, 6.07) is 16.9. The lowest BCUT2D eigenvalue weighted by Crippen LogP contribution is -2.43. The third-order valence-electron chi connectivity index (χ3n) is 6.50. The van der Waals surface area contributed by atoms with E-state index in [0.29, 0.717) is 0 Å². The number of fused-ring (bicyclic) bond motifs is 3. The van der Waals surface area contributed by atoms with Crippen molar-refractivity contribution in [2.75, 3.05) is 6.61 Å². The fourth-order valence-electron chi connectivity index (χ4n) is 4.88. The Morgan fingerprint density at radius 1 is 1.03 bits per heavy atom. The van der Waals surface area contributed by atoms with Crippen LogP contribution in [0.1, 0.15) is 34.0 Å². The number of hydrogen-bond donors (Lipinski definition) is 2. The quantitative estimate of drug-likeness (QED) is 0.427. The molecule has 2 N–H and O–H groups in total. The molecular weight excluding hydrogens is 446 g/mol. The predicted octanol–water partition coefficient (Wildman–Crippen LogP) is 3.54. The van der Waals surface area contributed by atoms with Gasteiger partial charge in [0.15, 0.2) is 0 Å². The molecule has 9 heteroatoms. The van der Waals surface area contributed by atoms with Gasteiger partial charge >= 0.3 is 12.1 Å². The van der Waals surface area contributed by atoms with Crippen molar-refractivity contribution in [3.8, 4) is 11.1 Å². The number of nitrogens with one attached hydrogen (secondary N) is 1. The first-order valence-electron chi connectivity index (χ1n) is 11.3. The molecule has 4 aromatic rings. The van der Waals surface area contributed by atoms with E-state index in [0.717, 1.165) is 39.2 Å². The van der Waals surface area contributed by atoms with Gasteiger partial charge in [-0.1, -0.05) is 48.5 Å². The first-order chi connectivity index (χ1) is 16.9. The zero-order valence-corrected chi connectivity index (χ0v) is 19.4. The Hall–Kier alpha value is -4.40. The van der Waals surface area contributed by atoms with E-state index < -0.39 is 18.1 Å². The standard InChI is InChI=1S/C26H25N5O4/c1-16-11-18(17(2)31(16)30-14-27-28-15-30)12-24(25(32)33)29-26(34)35-13-23-21-9-5-3-7-19(21)20-8-4-6-10-22(20)23/h3-11,14-15,23-24H,12-13H2,1-2H3,(H,29,34)(H,32,33). The van der Waals surface area contributed by atoms with E-state index in [4.69, 9.17) is 4.74 Å². The second-order valence-electron chi connectivity index (χ2n) is 8.61. The SMILES string of the molecule is Cc1cc(CC(NC(=O)OCC2c3ccccc3-c3ccccc32)C(=O)O)c(C)n1-n1cnnc1. The summed E-state index contributed by atoms with van der Waals surface area (Å²) in [7, 11) is 0. The highest BCUT2D eigenvalue weighted by Gasteiger charge is 2.30. The fraction of sp³-hybridized carbons (Fsp3) is 0.231. The van der Waals surface area contributed by atoms with E-state index in [9.17, 15) is 14.7 Å². The molecule has 0 radical (unpaired) electrons. The minimum absolute atomic E-state index is 0.0980. The van der Waals surface area contributed by atoms with Gasteiger partial charge in [-0.2, -0.15) is 0 Å². The van der Waals surface area contributed by atoms with Crippen LogP contribution in [0.5, 0.6) is 0 Å². The molecule has 1 aliphatic rings. The number of nitrogens with zero attached hydrogens (tertiary/aromatic N) is 4. The van der Waals surface area contributed by atoms with Gasteiger partial charge in [-0.3, -0.25) is 4.68 Å². The highest BCUT2D eigenvalue weighted by atomic mass is 16.5. The van der Waals surface area contributed by atoms with E-state index in [1.165, 1.54) is 0 Å². The molecule has 35 heavy (non-hydrogen) atoms. The molecule has 0 spiro atoms. The van der Waals surface area contributed by atoms with E-state index >= 15 is 0 Å². The number of aliphatic carboxylic acids is 1. The first kappa shape index (κ1) is 22.4. The molecule has 1 unspecified atom stereocenters. The van der Waals surface area contributed by atoms with Crippen LogP contribution in [0, 0.1) is 13.8 Å². The van der Waals surface area contributed by atoms with Gasteiger partial charge < -0.3 is 15.2 Å². The van der Waals surface area contributed by atoms with Crippen molar-refractivity contribution in [3.63, 3.8) is 0 Å².